The second kappa shape index (κ2) is 7.87. The summed E-state index contributed by atoms with van der Waals surface area (Å²) in [6, 6.07) is 3.10. The summed E-state index contributed by atoms with van der Waals surface area (Å²) in [7, 11) is 0. The Bertz CT molecular complexity index is 481. The maximum atomic E-state index is 11.9. The zero-order chi connectivity index (χ0) is 16.0. The lowest BCUT2D eigenvalue weighted by Gasteiger charge is -2.23. The number of anilines is 2. The van der Waals surface area contributed by atoms with E-state index in [0.29, 0.717) is 40.9 Å². The van der Waals surface area contributed by atoms with Gasteiger partial charge in [-0.2, -0.15) is 0 Å². The molecule has 0 heterocycles. The van der Waals surface area contributed by atoms with Gasteiger partial charge in [-0.3, -0.25) is 4.79 Å². The van der Waals surface area contributed by atoms with Gasteiger partial charge in [0.2, 0.25) is 5.91 Å². The number of amides is 1. The molecule has 118 valence electrons. The molecular weight excluding hydrogens is 311 g/mol. The van der Waals surface area contributed by atoms with Crippen molar-refractivity contribution in [3.8, 4) is 0 Å². The molecule has 0 radical (unpaired) electrons. The molecule has 0 atom stereocenters. The predicted molar refractivity (Wildman–Crippen MR) is 89.1 cm³/mol. The van der Waals surface area contributed by atoms with Crippen molar-refractivity contribution in [3.63, 3.8) is 0 Å². The molecule has 0 saturated carbocycles. The predicted octanol–water partition coefficient (Wildman–Crippen LogP) is 4.50. The van der Waals surface area contributed by atoms with Crippen LogP contribution in [0.1, 0.15) is 40.0 Å². The Morgan fingerprint density at radius 3 is 2.62 bits per heavy atom. The van der Waals surface area contributed by atoms with Gasteiger partial charge in [0.05, 0.1) is 22.0 Å². The summed E-state index contributed by atoms with van der Waals surface area (Å²) in [6.45, 7) is 6.67. The first-order valence-electron chi connectivity index (χ1n) is 6.93. The molecule has 1 amide bonds. The van der Waals surface area contributed by atoms with E-state index in [2.05, 4.69) is 12.2 Å². The van der Waals surface area contributed by atoms with E-state index >= 15 is 0 Å². The lowest BCUT2D eigenvalue weighted by molar-refractivity contribution is -0.117. The third-order valence-electron chi connectivity index (χ3n) is 3.24. The minimum atomic E-state index is -0.152. The zero-order valence-corrected chi connectivity index (χ0v) is 14.1. The Labute approximate surface area is 135 Å². The monoisotopic (exact) mass is 332 g/mol. The number of carbonyl (C=O) groups is 1. The summed E-state index contributed by atoms with van der Waals surface area (Å²) in [5.74, 6) is -0.149. The number of nitrogens with one attached hydrogen (secondary N) is 1. The van der Waals surface area contributed by atoms with Crippen LogP contribution in [0.15, 0.2) is 12.1 Å². The van der Waals surface area contributed by atoms with Crippen molar-refractivity contribution in [3.05, 3.63) is 22.2 Å². The average molecular weight is 333 g/mol. The van der Waals surface area contributed by atoms with Crippen LogP contribution in [0.4, 0.5) is 11.4 Å². The maximum absolute atomic E-state index is 11.9. The quantitative estimate of drug-likeness (QED) is 0.570. The van der Waals surface area contributed by atoms with Crippen LogP contribution in [0, 0.1) is 0 Å². The number of carbonyl (C=O) groups excluding carboxylic acids is 1. The van der Waals surface area contributed by atoms with Crippen LogP contribution in [-0.2, 0) is 9.53 Å². The molecule has 0 spiro atoms. The van der Waals surface area contributed by atoms with Crippen LogP contribution >= 0.6 is 23.2 Å². The molecule has 0 saturated heterocycles. The molecule has 0 unspecified atom stereocenters. The minimum absolute atomic E-state index is 0.149. The SMILES string of the molecule is CCC(C)(C)OCCCC(=O)Nc1c(N)cc(Cl)cc1Cl. The highest BCUT2D eigenvalue weighted by Gasteiger charge is 2.15. The fraction of sp³-hybridized carbons (Fsp3) is 0.533. The molecule has 0 fully saturated rings. The number of halogens is 2. The number of ether oxygens (including phenoxy) is 1. The van der Waals surface area contributed by atoms with E-state index in [1.165, 1.54) is 0 Å². The molecular formula is C15H22Cl2N2O2. The lowest BCUT2D eigenvalue weighted by atomic mass is 10.1. The lowest BCUT2D eigenvalue weighted by Crippen LogP contribution is -2.24. The Kier molecular flexibility index (Phi) is 6.78. The Morgan fingerprint density at radius 2 is 2.05 bits per heavy atom. The normalized spacial score (nSPS) is 11.5. The highest BCUT2D eigenvalue weighted by molar-refractivity contribution is 6.37. The number of hydrogen-bond donors (Lipinski definition) is 2. The van der Waals surface area contributed by atoms with Crippen LogP contribution in [0.5, 0.6) is 0 Å². The number of nitrogen functional groups attached to an aromatic ring is 1. The van der Waals surface area contributed by atoms with Crippen LogP contribution in [0.2, 0.25) is 10.0 Å². The number of hydrogen-bond acceptors (Lipinski definition) is 3. The molecule has 0 aliphatic heterocycles. The van der Waals surface area contributed by atoms with Gasteiger partial charge in [0, 0.05) is 18.1 Å². The van der Waals surface area contributed by atoms with Crippen molar-refractivity contribution in [2.75, 3.05) is 17.7 Å². The second-order valence-corrected chi connectivity index (χ2v) is 6.31. The summed E-state index contributed by atoms with van der Waals surface area (Å²) < 4.78 is 5.69. The number of nitrogens with two attached hydrogens (primary N) is 1. The minimum Gasteiger partial charge on any atom is -0.397 e. The number of rotatable bonds is 7. The third kappa shape index (κ3) is 6.12. The van der Waals surface area contributed by atoms with Gasteiger partial charge in [0.25, 0.3) is 0 Å². The topological polar surface area (TPSA) is 64.3 Å². The van der Waals surface area contributed by atoms with E-state index in [1.807, 2.05) is 13.8 Å². The molecule has 0 aromatic heterocycles. The van der Waals surface area contributed by atoms with E-state index < -0.39 is 0 Å². The highest BCUT2D eigenvalue weighted by Crippen LogP contribution is 2.32. The molecule has 1 aromatic carbocycles. The molecule has 0 aliphatic carbocycles. The molecule has 1 rings (SSSR count). The van der Waals surface area contributed by atoms with Gasteiger partial charge in [-0.05, 0) is 38.8 Å². The van der Waals surface area contributed by atoms with Crippen LogP contribution in [0.25, 0.3) is 0 Å². The van der Waals surface area contributed by atoms with Gasteiger partial charge in [-0.1, -0.05) is 30.1 Å². The fourth-order valence-electron chi connectivity index (χ4n) is 1.61. The maximum Gasteiger partial charge on any atom is 0.224 e. The van der Waals surface area contributed by atoms with E-state index in [-0.39, 0.29) is 11.5 Å². The van der Waals surface area contributed by atoms with Crippen LogP contribution in [0.3, 0.4) is 0 Å². The van der Waals surface area contributed by atoms with Gasteiger partial charge in [0.1, 0.15) is 0 Å². The Morgan fingerprint density at radius 1 is 1.38 bits per heavy atom. The Balaban J connectivity index is 2.45. The van der Waals surface area contributed by atoms with Gasteiger partial charge in [0.15, 0.2) is 0 Å². The Hall–Kier alpha value is -0.970. The van der Waals surface area contributed by atoms with Crippen molar-refractivity contribution >= 4 is 40.5 Å². The van der Waals surface area contributed by atoms with Gasteiger partial charge in [-0.15, -0.1) is 0 Å². The summed E-state index contributed by atoms with van der Waals surface area (Å²) >= 11 is 11.8. The van der Waals surface area contributed by atoms with E-state index in [1.54, 1.807) is 12.1 Å². The standard InChI is InChI=1S/C15H22Cl2N2O2/c1-4-15(2,3)21-7-5-6-13(20)19-14-11(17)8-10(16)9-12(14)18/h8-9H,4-7,18H2,1-3H3,(H,19,20). The largest absolute Gasteiger partial charge is 0.397 e. The van der Waals surface area contributed by atoms with Gasteiger partial charge in [-0.25, -0.2) is 0 Å². The van der Waals surface area contributed by atoms with Crippen molar-refractivity contribution < 1.29 is 9.53 Å². The second-order valence-electron chi connectivity index (χ2n) is 5.47. The van der Waals surface area contributed by atoms with E-state index in [4.69, 9.17) is 33.7 Å². The third-order valence-corrected chi connectivity index (χ3v) is 3.76. The van der Waals surface area contributed by atoms with Crippen molar-refractivity contribution in [1.82, 2.24) is 0 Å². The summed E-state index contributed by atoms with van der Waals surface area (Å²) in [5, 5.41) is 3.47. The summed E-state index contributed by atoms with van der Waals surface area (Å²) in [4.78, 5) is 11.9. The molecule has 1 aromatic rings. The van der Waals surface area contributed by atoms with Crippen molar-refractivity contribution in [2.24, 2.45) is 0 Å². The first-order valence-corrected chi connectivity index (χ1v) is 7.69. The first-order chi connectivity index (χ1) is 9.75. The molecule has 0 aliphatic rings. The van der Waals surface area contributed by atoms with Crippen molar-refractivity contribution in [2.45, 2.75) is 45.6 Å². The zero-order valence-electron chi connectivity index (χ0n) is 12.6. The average Bonchev–Trinajstić information content (AvgIpc) is 2.39. The van der Waals surface area contributed by atoms with E-state index in [9.17, 15) is 4.79 Å². The summed E-state index contributed by atoms with van der Waals surface area (Å²) in [6.07, 6.45) is 1.91. The molecule has 21 heavy (non-hydrogen) atoms. The van der Waals surface area contributed by atoms with Crippen molar-refractivity contribution in [1.29, 1.82) is 0 Å². The summed E-state index contributed by atoms with van der Waals surface area (Å²) in [5.41, 5.74) is 6.39. The fourth-order valence-corrected chi connectivity index (χ4v) is 2.17. The molecule has 0 bridgehead atoms. The van der Waals surface area contributed by atoms with Crippen LogP contribution in [-0.4, -0.2) is 18.1 Å². The molecule has 6 heteroatoms. The van der Waals surface area contributed by atoms with Gasteiger partial charge >= 0.3 is 0 Å². The molecule has 3 N–H and O–H groups in total. The number of benzene rings is 1. The van der Waals surface area contributed by atoms with Gasteiger partial charge < -0.3 is 15.8 Å². The smallest absolute Gasteiger partial charge is 0.224 e. The molecule has 4 nitrogen and oxygen atoms in total. The van der Waals surface area contributed by atoms with Crippen LogP contribution < -0.4 is 11.1 Å². The first kappa shape index (κ1) is 18.1. The highest BCUT2D eigenvalue weighted by atomic mass is 35.5. The van der Waals surface area contributed by atoms with E-state index in [0.717, 1.165) is 6.42 Å².